The number of hydrogen-bond acceptors (Lipinski definition) is 6. The van der Waals surface area contributed by atoms with E-state index in [1.807, 2.05) is 0 Å². The fourth-order valence-electron chi connectivity index (χ4n) is 2.49. The molecule has 1 aliphatic heterocycles. The van der Waals surface area contributed by atoms with E-state index in [1.165, 1.54) is 10.4 Å². The Hall–Kier alpha value is -1.29. The lowest BCUT2D eigenvalue weighted by Gasteiger charge is -2.27. The summed E-state index contributed by atoms with van der Waals surface area (Å²) in [7, 11) is -3.72. The molecule has 1 fully saturated rings. The van der Waals surface area contributed by atoms with Crippen LogP contribution < -0.4 is 10.1 Å². The standard InChI is InChI=1S/C17H26N2O5S2/c1-3-11-25-13-17(20)18-14-5-6-15(24-4-2)16(12-14)26(21,22)19-7-9-23-10-8-19/h5-6,12H,3-4,7-11,13H2,1-2H3,(H,18,20). The van der Waals surface area contributed by atoms with Crippen LogP contribution in [0.4, 0.5) is 5.69 Å². The van der Waals surface area contributed by atoms with E-state index >= 15 is 0 Å². The molecule has 0 saturated carbocycles. The van der Waals surface area contributed by atoms with Crippen molar-refractivity contribution >= 4 is 33.4 Å². The fourth-order valence-corrected chi connectivity index (χ4v) is 4.75. The van der Waals surface area contributed by atoms with Crippen molar-refractivity contribution < 1.29 is 22.7 Å². The van der Waals surface area contributed by atoms with Crippen molar-refractivity contribution in [3.8, 4) is 5.75 Å². The highest BCUT2D eigenvalue weighted by Gasteiger charge is 2.29. The zero-order valence-electron chi connectivity index (χ0n) is 15.2. The molecule has 1 heterocycles. The van der Waals surface area contributed by atoms with Crippen LogP contribution in [-0.2, 0) is 19.6 Å². The summed E-state index contributed by atoms with van der Waals surface area (Å²) < 4.78 is 38.1. The molecule has 1 amide bonds. The van der Waals surface area contributed by atoms with Crippen molar-refractivity contribution in [2.75, 3.05) is 49.7 Å². The molecule has 9 heteroatoms. The summed E-state index contributed by atoms with van der Waals surface area (Å²) in [6.07, 6.45) is 1.00. The summed E-state index contributed by atoms with van der Waals surface area (Å²) in [6.45, 7) is 5.55. The van der Waals surface area contributed by atoms with Gasteiger partial charge in [-0.1, -0.05) is 6.92 Å². The Morgan fingerprint density at radius 1 is 1.31 bits per heavy atom. The molecule has 146 valence electrons. The zero-order chi connectivity index (χ0) is 19.0. The molecule has 0 atom stereocenters. The highest BCUT2D eigenvalue weighted by molar-refractivity contribution is 7.99. The molecule has 0 unspecified atom stereocenters. The molecule has 1 N–H and O–H groups in total. The number of carbonyl (C=O) groups is 1. The molecule has 0 aliphatic carbocycles. The molecule has 1 aliphatic rings. The fraction of sp³-hybridized carbons (Fsp3) is 0.588. The lowest BCUT2D eigenvalue weighted by atomic mass is 10.3. The number of anilines is 1. The molecular formula is C17H26N2O5S2. The first kappa shape index (κ1) is 21.0. The van der Waals surface area contributed by atoms with E-state index in [4.69, 9.17) is 9.47 Å². The topological polar surface area (TPSA) is 84.9 Å². The van der Waals surface area contributed by atoms with Gasteiger partial charge in [0.15, 0.2) is 0 Å². The van der Waals surface area contributed by atoms with Crippen molar-refractivity contribution in [3.63, 3.8) is 0 Å². The zero-order valence-corrected chi connectivity index (χ0v) is 16.8. The van der Waals surface area contributed by atoms with Gasteiger partial charge < -0.3 is 14.8 Å². The second kappa shape index (κ2) is 10.1. The lowest BCUT2D eigenvalue weighted by molar-refractivity contribution is -0.113. The van der Waals surface area contributed by atoms with Crippen LogP contribution in [0.3, 0.4) is 0 Å². The van der Waals surface area contributed by atoms with Gasteiger partial charge in [-0.25, -0.2) is 8.42 Å². The summed E-state index contributed by atoms with van der Waals surface area (Å²) in [5.74, 6) is 1.39. The normalized spacial score (nSPS) is 15.6. The van der Waals surface area contributed by atoms with Crippen LogP contribution in [0.2, 0.25) is 0 Å². The summed E-state index contributed by atoms with van der Waals surface area (Å²) >= 11 is 1.55. The number of hydrogen-bond donors (Lipinski definition) is 1. The van der Waals surface area contributed by atoms with Gasteiger partial charge in [-0.15, -0.1) is 0 Å². The third kappa shape index (κ3) is 5.60. The van der Waals surface area contributed by atoms with Crippen LogP contribution in [0, 0.1) is 0 Å². The monoisotopic (exact) mass is 402 g/mol. The van der Waals surface area contributed by atoms with Crippen molar-refractivity contribution in [1.82, 2.24) is 4.31 Å². The van der Waals surface area contributed by atoms with Crippen LogP contribution in [0.1, 0.15) is 20.3 Å². The first-order valence-corrected chi connectivity index (χ1v) is 11.3. The summed E-state index contributed by atoms with van der Waals surface area (Å²) in [6, 6.07) is 4.72. The smallest absolute Gasteiger partial charge is 0.246 e. The Balaban J connectivity index is 2.23. The van der Waals surface area contributed by atoms with E-state index < -0.39 is 10.0 Å². The first-order chi connectivity index (χ1) is 12.5. The Labute approximate surface area is 159 Å². The van der Waals surface area contributed by atoms with Crippen LogP contribution in [0.25, 0.3) is 0 Å². The molecular weight excluding hydrogens is 376 g/mol. The Morgan fingerprint density at radius 3 is 2.69 bits per heavy atom. The van der Waals surface area contributed by atoms with Gasteiger partial charge in [0.2, 0.25) is 15.9 Å². The van der Waals surface area contributed by atoms with E-state index in [9.17, 15) is 13.2 Å². The molecule has 0 aromatic heterocycles. The van der Waals surface area contributed by atoms with Gasteiger partial charge in [0.05, 0.1) is 25.6 Å². The number of thioether (sulfide) groups is 1. The number of nitrogens with one attached hydrogen (secondary N) is 1. The Bertz CT molecular complexity index is 703. The third-order valence-corrected chi connectivity index (χ3v) is 6.78. The van der Waals surface area contributed by atoms with Gasteiger partial charge in [-0.2, -0.15) is 16.1 Å². The second-order valence-corrected chi connectivity index (χ2v) is 8.72. The number of sulfonamides is 1. The number of benzene rings is 1. The number of carbonyl (C=O) groups excluding carboxylic acids is 1. The molecule has 1 aromatic rings. The Kier molecular flexibility index (Phi) is 8.20. The van der Waals surface area contributed by atoms with Gasteiger partial charge in [-0.3, -0.25) is 4.79 Å². The largest absolute Gasteiger partial charge is 0.492 e. The van der Waals surface area contributed by atoms with Crippen LogP contribution >= 0.6 is 11.8 Å². The van der Waals surface area contributed by atoms with Crippen molar-refractivity contribution in [3.05, 3.63) is 18.2 Å². The van der Waals surface area contributed by atoms with Gasteiger partial charge in [0.25, 0.3) is 0 Å². The van der Waals surface area contributed by atoms with Crippen LogP contribution in [0.5, 0.6) is 5.75 Å². The molecule has 1 saturated heterocycles. The average Bonchev–Trinajstić information content (AvgIpc) is 2.64. The average molecular weight is 403 g/mol. The van der Waals surface area contributed by atoms with E-state index in [0.29, 0.717) is 44.4 Å². The highest BCUT2D eigenvalue weighted by Crippen LogP contribution is 2.30. The molecule has 0 radical (unpaired) electrons. The maximum atomic E-state index is 13.0. The number of amides is 1. The summed E-state index contributed by atoms with van der Waals surface area (Å²) in [5, 5.41) is 2.76. The van der Waals surface area contributed by atoms with E-state index in [-0.39, 0.29) is 16.6 Å². The van der Waals surface area contributed by atoms with E-state index in [1.54, 1.807) is 30.8 Å². The predicted octanol–water partition coefficient (Wildman–Crippen LogP) is 2.19. The van der Waals surface area contributed by atoms with E-state index in [0.717, 1.165) is 12.2 Å². The number of morpholine rings is 1. The molecule has 1 aromatic carbocycles. The SMILES string of the molecule is CCCSCC(=O)Nc1ccc(OCC)c(S(=O)(=O)N2CCOCC2)c1. The Morgan fingerprint density at radius 2 is 2.04 bits per heavy atom. The minimum Gasteiger partial charge on any atom is -0.492 e. The number of rotatable bonds is 9. The summed E-state index contributed by atoms with van der Waals surface area (Å²) in [4.78, 5) is 12.1. The molecule has 7 nitrogen and oxygen atoms in total. The first-order valence-electron chi connectivity index (χ1n) is 8.71. The minimum absolute atomic E-state index is 0.0697. The van der Waals surface area contributed by atoms with Crippen molar-refractivity contribution in [2.24, 2.45) is 0 Å². The predicted molar refractivity (Wildman–Crippen MR) is 103 cm³/mol. The molecule has 0 bridgehead atoms. The maximum absolute atomic E-state index is 13.0. The second-order valence-electron chi connectivity index (χ2n) is 5.71. The van der Waals surface area contributed by atoms with E-state index in [2.05, 4.69) is 12.2 Å². The molecule has 26 heavy (non-hydrogen) atoms. The highest BCUT2D eigenvalue weighted by atomic mass is 32.2. The lowest BCUT2D eigenvalue weighted by Crippen LogP contribution is -2.40. The van der Waals surface area contributed by atoms with Gasteiger partial charge in [0, 0.05) is 18.8 Å². The minimum atomic E-state index is -3.72. The van der Waals surface area contributed by atoms with Gasteiger partial charge >= 0.3 is 0 Å². The summed E-state index contributed by atoms with van der Waals surface area (Å²) in [5.41, 5.74) is 0.447. The van der Waals surface area contributed by atoms with Crippen molar-refractivity contribution in [2.45, 2.75) is 25.2 Å². The maximum Gasteiger partial charge on any atom is 0.246 e. The quantitative estimate of drug-likeness (QED) is 0.638. The number of ether oxygens (including phenoxy) is 2. The molecule has 2 rings (SSSR count). The van der Waals surface area contributed by atoms with Crippen LogP contribution in [0.15, 0.2) is 23.1 Å². The molecule has 0 spiro atoms. The number of nitrogens with zero attached hydrogens (tertiary/aromatic N) is 1. The third-order valence-electron chi connectivity index (χ3n) is 3.70. The van der Waals surface area contributed by atoms with Gasteiger partial charge in [-0.05, 0) is 37.3 Å². The van der Waals surface area contributed by atoms with Gasteiger partial charge in [0.1, 0.15) is 10.6 Å². The van der Waals surface area contributed by atoms with Crippen molar-refractivity contribution in [1.29, 1.82) is 0 Å². The van der Waals surface area contributed by atoms with Crippen LogP contribution in [-0.4, -0.2) is 63.0 Å².